The fraction of sp³-hybridized carbons (Fsp3) is 0.0909. The molecule has 0 N–H and O–H groups in total. The molecule has 19 heavy (non-hydrogen) atoms. The Kier molecular flexibility index (Phi) is 1.88. The molecule has 0 amide bonds. The van der Waals surface area contributed by atoms with Gasteiger partial charge in [-0.3, -0.25) is 0 Å². The monoisotopic (exact) mass is 252 g/mol. The average molecular weight is 252 g/mol. The van der Waals surface area contributed by atoms with Gasteiger partial charge in [-0.25, -0.2) is 24.9 Å². The van der Waals surface area contributed by atoms with E-state index in [1.807, 2.05) is 29.9 Å². The molecule has 0 aromatic carbocycles. The van der Waals surface area contributed by atoms with Crippen LogP contribution in [-0.2, 0) is 7.05 Å². The highest BCUT2D eigenvalue weighted by atomic mass is 15.5. The van der Waals surface area contributed by atoms with Crippen LogP contribution in [0.4, 0.5) is 0 Å². The number of amidine groups is 1. The molecule has 4 rings (SSSR count). The molecule has 92 valence electrons. The van der Waals surface area contributed by atoms with Crippen LogP contribution in [0.1, 0.15) is 5.69 Å². The summed E-state index contributed by atoms with van der Waals surface area (Å²) in [4.78, 5) is 26.9. The molecule has 4 heterocycles. The van der Waals surface area contributed by atoms with Gasteiger partial charge < -0.3 is 4.57 Å². The summed E-state index contributed by atoms with van der Waals surface area (Å²) >= 11 is 0. The summed E-state index contributed by atoms with van der Waals surface area (Å²) in [6.45, 7) is 0. The Morgan fingerprint density at radius 3 is 2.53 bits per heavy atom. The van der Waals surface area contributed by atoms with Crippen molar-refractivity contribution in [2.45, 2.75) is 0 Å². The second-order valence-corrected chi connectivity index (χ2v) is 4.03. The third kappa shape index (κ3) is 1.39. The molecule has 8 heteroatoms. The standard InChI is InChI=1S/C11H8N8/c1-18-4-2-3-7(18)8-16-10-14-5-12-9-13-6-15-11(17-8)19(9)10/h2-6H,1H3. The minimum atomic E-state index is 0.479. The van der Waals surface area contributed by atoms with Gasteiger partial charge in [0.15, 0.2) is 5.84 Å². The summed E-state index contributed by atoms with van der Waals surface area (Å²) in [5.41, 5.74) is 0.900. The van der Waals surface area contributed by atoms with Crippen LogP contribution in [0, 0.1) is 0 Å². The summed E-state index contributed by atoms with van der Waals surface area (Å²) in [7, 11) is 1.94. The minimum Gasteiger partial charge on any atom is -0.348 e. The molecule has 3 aliphatic rings. The smallest absolute Gasteiger partial charge is 0.243 e. The number of nitrogens with zero attached hydrogens (tertiary/aromatic N) is 8. The molecule has 0 saturated heterocycles. The van der Waals surface area contributed by atoms with Gasteiger partial charge >= 0.3 is 0 Å². The first-order valence-electron chi connectivity index (χ1n) is 5.63. The maximum atomic E-state index is 4.43. The zero-order chi connectivity index (χ0) is 12.8. The highest BCUT2D eigenvalue weighted by Gasteiger charge is 2.31. The van der Waals surface area contributed by atoms with Gasteiger partial charge in [-0.15, -0.1) is 0 Å². The topological polar surface area (TPSA) is 82.3 Å². The van der Waals surface area contributed by atoms with Crippen molar-refractivity contribution in [3.63, 3.8) is 0 Å². The first kappa shape index (κ1) is 10.1. The Hall–Kier alpha value is -2.90. The normalized spacial score (nSPS) is 19.5. The fourth-order valence-electron chi connectivity index (χ4n) is 1.98. The predicted molar refractivity (Wildman–Crippen MR) is 73.1 cm³/mol. The van der Waals surface area contributed by atoms with Crippen LogP contribution >= 0.6 is 0 Å². The van der Waals surface area contributed by atoms with Gasteiger partial charge in [-0.05, 0) is 12.1 Å². The average Bonchev–Trinajstić information content (AvgIpc) is 2.85. The molecule has 1 aromatic heterocycles. The van der Waals surface area contributed by atoms with Crippen molar-refractivity contribution in [2.75, 3.05) is 0 Å². The van der Waals surface area contributed by atoms with Gasteiger partial charge in [0, 0.05) is 13.2 Å². The van der Waals surface area contributed by atoms with Gasteiger partial charge in [-0.1, -0.05) is 0 Å². The quantitative estimate of drug-likeness (QED) is 0.704. The molecule has 0 spiro atoms. The van der Waals surface area contributed by atoms with Crippen LogP contribution in [0.15, 0.2) is 48.3 Å². The van der Waals surface area contributed by atoms with Gasteiger partial charge in [0.25, 0.3) is 0 Å². The number of guanidine groups is 3. The SMILES string of the molecule is Cn1cccc1C1=NC2=NC=NC3=NC=NC(=N1)N32. The molecule has 0 bridgehead atoms. The summed E-state index contributed by atoms with van der Waals surface area (Å²) < 4.78 is 1.94. The van der Waals surface area contributed by atoms with E-state index >= 15 is 0 Å². The van der Waals surface area contributed by atoms with Crippen LogP contribution < -0.4 is 0 Å². The Balaban J connectivity index is 1.89. The molecule has 0 saturated carbocycles. The summed E-state index contributed by atoms with van der Waals surface area (Å²) in [5.74, 6) is 2.01. The lowest BCUT2D eigenvalue weighted by Gasteiger charge is -2.27. The van der Waals surface area contributed by atoms with E-state index in [9.17, 15) is 0 Å². The van der Waals surface area contributed by atoms with E-state index in [1.54, 1.807) is 4.90 Å². The van der Waals surface area contributed by atoms with Crippen molar-refractivity contribution < 1.29 is 0 Å². The van der Waals surface area contributed by atoms with Gasteiger partial charge in [-0.2, -0.15) is 9.98 Å². The van der Waals surface area contributed by atoms with E-state index in [1.165, 1.54) is 12.7 Å². The molecule has 0 radical (unpaired) electrons. The van der Waals surface area contributed by atoms with E-state index < -0.39 is 0 Å². The lowest BCUT2D eigenvalue weighted by atomic mass is 10.4. The largest absolute Gasteiger partial charge is 0.348 e. The fourth-order valence-corrected chi connectivity index (χ4v) is 1.98. The molecule has 1 aromatic rings. The Bertz CT molecular complexity index is 740. The van der Waals surface area contributed by atoms with Crippen molar-refractivity contribution >= 4 is 36.4 Å². The van der Waals surface area contributed by atoms with Crippen LogP contribution in [-0.4, -0.2) is 45.9 Å². The zero-order valence-corrected chi connectivity index (χ0v) is 9.96. The van der Waals surface area contributed by atoms with Gasteiger partial charge in [0.05, 0.1) is 5.69 Å². The molecule has 0 atom stereocenters. The van der Waals surface area contributed by atoms with Crippen LogP contribution in [0.5, 0.6) is 0 Å². The Morgan fingerprint density at radius 2 is 1.74 bits per heavy atom. The maximum absolute atomic E-state index is 4.43. The summed E-state index contributed by atoms with van der Waals surface area (Å²) in [6.07, 6.45) is 4.79. The number of aryl methyl sites for hydroxylation is 1. The Morgan fingerprint density at radius 1 is 0.947 bits per heavy atom. The van der Waals surface area contributed by atoms with Gasteiger partial charge in [0.2, 0.25) is 17.9 Å². The zero-order valence-electron chi connectivity index (χ0n) is 9.96. The second-order valence-electron chi connectivity index (χ2n) is 4.03. The van der Waals surface area contributed by atoms with E-state index in [2.05, 4.69) is 30.0 Å². The number of aromatic nitrogens is 1. The number of hydrogen-bond donors (Lipinski definition) is 0. The van der Waals surface area contributed by atoms with Crippen molar-refractivity contribution in [2.24, 2.45) is 37.0 Å². The third-order valence-electron chi connectivity index (χ3n) is 2.88. The maximum Gasteiger partial charge on any atom is 0.243 e. The molecule has 3 aliphatic heterocycles. The highest BCUT2D eigenvalue weighted by molar-refractivity contribution is 6.29. The molecule has 0 aliphatic carbocycles. The van der Waals surface area contributed by atoms with Crippen molar-refractivity contribution in [3.8, 4) is 0 Å². The third-order valence-corrected chi connectivity index (χ3v) is 2.88. The summed E-state index contributed by atoms with van der Waals surface area (Å²) in [5, 5.41) is 0. The molecule has 8 nitrogen and oxygen atoms in total. The van der Waals surface area contributed by atoms with Crippen LogP contribution in [0.2, 0.25) is 0 Å². The van der Waals surface area contributed by atoms with Crippen molar-refractivity contribution in [3.05, 3.63) is 24.0 Å². The van der Waals surface area contributed by atoms with Gasteiger partial charge in [0.1, 0.15) is 12.7 Å². The van der Waals surface area contributed by atoms with E-state index in [4.69, 9.17) is 0 Å². The lowest BCUT2D eigenvalue weighted by Crippen LogP contribution is -2.46. The highest BCUT2D eigenvalue weighted by Crippen LogP contribution is 2.16. The van der Waals surface area contributed by atoms with Crippen molar-refractivity contribution in [1.82, 2.24) is 9.47 Å². The van der Waals surface area contributed by atoms with E-state index in [0.717, 1.165) is 5.69 Å². The Labute approximate surface area is 108 Å². The number of hydrogen-bond acceptors (Lipinski definition) is 7. The molecule has 0 unspecified atom stereocenters. The predicted octanol–water partition coefficient (Wildman–Crippen LogP) is 0.239. The lowest BCUT2D eigenvalue weighted by molar-refractivity contribution is 0.829. The minimum absolute atomic E-state index is 0.479. The van der Waals surface area contributed by atoms with E-state index in [-0.39, 0.29) is 0 Å². The van der Waals surface area contributed by atoms with Crippen LogP contribution in [0.3, 0.4) is 0 Å². The van der Waals surface area contributed by atoms with E-state index in [0.29, 0.717) is 23.7 Å². The van der Waals surface area contributed by atoms with Crippen LogP contribution in [0.25, 0.3) is 0 Å². The molecular weight excluding hydrogens is 244 g/mol. The second kappa shape index (κ2) is 3.55. The first-order chi connectivity index (χ1) is 9.33. The number of aliphatic imine (C=N–C) groups is 6. The molecular formula is C11H8N8. The molecule has 0 fully saturated rings. The first-order valence-corrected chi connectivity index (χ1v) is 5.63. The summed E-state index contributed by atoms with van der Waals surface area (Å²) in [6, 6.07) is 3.88. The van der Waals surface area contributed by atoms with Crippen molar-refractivity contribution in [1.29, 1.82) is 0 Å². The number of rotatable bonds is 1.